The van der Waals surface area contributed by atoms with Crippen molar-refractivity contribution in [2.45, 2.75) is 70.6 Å². The number of aromatic amines is 1. The van der Waals surface area contributed by atoms with Crippen molar-refractivity contribution in [1.82, 2.24) is 40.4 Å². The summed E-state index contributed by atoms with van der Waals surface area (Å²) < 4.78 is 11.8. The maximum absolute atomic E-state index is 14.2. The van der Waals surface area contributed by atoms with E-state index in [9.17, 15) is 19.8 Å². The number of nitrogens with one attached hydrogen (secondary N) is 2. The summed E-state index contributed by atoms with van der Waals surface area (Å²) in [5.74, 6) is 0.834. The molecule has 2 amide bonds. The molecule has 9 rings (SSSR count). The molecule has 4 N–H and O–H groups in total. The number of hydrogen-bond acceptors (Lipinski definition) is 12. The van der Waals surface area contributed by atoms with Gasteiger partial charge >= 0.3 is 0 Å². The Bertz CT molecular complexity index is 2520. The summed E-state index contributed by atoms with van der Waals surface area (Å²) in [7, 11) is 0. The van der Waals surface area contributed by atoms with Crippen LogP contribution in [-0.2, 0) is 15.1 Å². The van der Waals surface area contributed by atoms with E-state index in [1.165, 1.54) is 10.5 Å². The highest BCUT2D eigenvalue weighted by Gasteiger charge is 2.56. The summed E-state index contributed by atoms with van der Waals surface area (Å²) in [6.45, 7) is 12.8. The van der Waals surface area contributed by atoms with Gasteiger partial charge in [0.15, 0.2) is 11.4 Å². The van der Waals surface area contributed by atoms with Crippen molar-refractivity contribution in [1.29, 1.82) is 0 Å². The van der Waals surface area contributed by atoms with Crippen LogP contribution in [0.15, 0.2) is 76.9 Å². The lowest BCUT2D eigenvalue weighted by Gasteiger charge is -2.32. The third-order valence-corrected chi connectivity index (χ3v) is 13.6. The molecule has 3 fully saturated rings. The zero-order valence-corrected chi connectivity index (χ0v) is 35.1. The van der Waals surface area contributed by atoms with E-state index in [-0.39, 0.29) is 36.4 Å². The topological polar surface area (TPSA) is 183 Å². The largest absolute Gasteiger partial charge is 0.507 e. The van der Waals surface area contributed by atoms with Crippen molar-refractivity contribution < 1.29 is 29.1 Å². The number of para-hydroxylation sites is 1. The number of H-pyrrole nitrogens is 1. The molecule has 6 heterocycles. The summed E-state index contributed by atoms with van der Waals surface area (Å²) >= 11 is 1.59. The number of carbonyl (C=O) groups excluding carboxylic acids is 2. The molecule has 6 aromatic rings. The average molecular weight is 831 g/mol. The van der Waals surface area contributed by atoms with Crippen LogP contribution in [0.5, 0.6) is 11.6 Å². The second kappa shape index (κ2) is 15.8. The quantitative estimate of drug-likeness (QED) is 0.104. The summed E-state index contributed by atoms with van der Waals surface area (Å²) in [6.07, 6.45) is 1.36. The number of amides is 2. The third-order valence-electron chi connectivity index (χ3n) is 12.6. The molecular weight excluding hydrogens is 781 g/mol. The van der Waals surface area contributed by atoms with Crippen molar-refractivity contribution in [3.05, 3.63) is 95.0 Å². The lowest BCUT2D eigenvalue weighted by atomic mass is 9.91. The predicted molar refractivity (Wildman–Crippen MR) is 226 cm³/mol. The summed E-state index contributed by atoms with van der Waals surface area (Å²) in [5.41, 5.74) is 7.35. The molecule has 0 radical (unpaired) electrons. The third kappa shape index (κ3) is 7.54. The minimum Gasteiger partial charge on any atom is -0.507 e. The Kier molecular flexibility index (Phi) is 10.5. The normalized spacial score (nSPS) is 22.1. The Morgan fingerprint density at radius 3 is 2.55 bits per heavy atom. The number of aromatic nitrogens is 5. The molecule has 3 aliphatic rings. The van der Waals surface area contributed by atoms with Crippen LogP contribution in [-0.4, -0.2) is 102 Å². The van der Waals surface area contributed by atoms with Crippen molar-refractivity contribution >= 4 is 34.2 Å². The Labute approximate surface area is 352 Å². The van der Waals surface area contributed by atoms with Crippen molar-refractivity contribution in [2.75, 3.05) is 32.8 Å². The number of nitrogens with zero attached hydrogens (tertiary/aromatic N) is 6. The molecule has 60 heavy (non-hydrogen) atoms. The molecule has 1 aliphatic carbocycles. The highest BCUT2D eigenvalue weighted by Crippen LogP contribution is 2.59. The van der Waals surface area contributed by atoms with E-state index in [1.54, 1.807) is 29.5 Å². The number of β-amino-alcohol motifs (C(OH)–C–C–N with tert-alkyl or cyclic N) is 1. The Balaban J connectivity index is 0.791. The van der Waals surface area contributed by atoms with Crippen molar-refractivity contribution in [3.8, 4) is 33.3 Å². The number of aliphatic hydroxyl groups is 1. The van der Waals surface area contributed by atoms with Crippen LogP contribution < -0.4 is 10.1 Å². The molecule has 0 spiro atoms. The Hall–Kier alpha value is -5.64. The number of phenolic OH excluding ortho intramolecular Hbond substituents is 1. The molecule has 6 atom stereocenters. The highest BCUT2D eigenvalue weighted by atomic mass is 32.1. The fourth-order valence-corrected chi connectivity index (χ4v) is 10.2. The number of aryl methyl sites for hydroxylation is 1. The van der Waals surface area contributed by atoms with Crippen LogP contribution in [0.3, 0.4) is 0 Å². The van der Waals surface area contributed by atoms with E-state index < -0.39 is 23.6 Å². The number of benzene rings is 2. The van der Waals surface area contributed by atoms with Gasteiger partial charge in [0, 0.05) is 55.8 Å². The molecule has 0 unspecified atom stereocenters. The van der Waals surface area contributed by atoms with Gasteiger partial charge in [-0.1, -0.05) is 50.2 Å². The van der Waals surface area contributed by atoms with Gasteiger partial charge in [-0.15, -0.1) is 21.5 Å². The first-order chi connectivity index (χ1) is 28.9. The number of carbonyl (C=O) groups is 2. The number of piperidine rings is 1. The van der Waals surface area contributed by atoms with Gasteiger partial charge in [0.1, 0.15) is 24.3 Å². The number of aromatic hydroxyl groups is 1. The van der Waals surface area contributed by atoms with Gasteiger partial charge < -0.3 is 34.7 Å². The number of aliphatic hydroxyl groups excluding tert-OH is 1. The number of likely N-dealkylation sites (tertiary alicyclic amines) is 2. The van der Waals surface area contributed by atoms with Gasteiger partial charge in [0.05, 0.1) is 33.4 Å². The molecule has 0 bridgehead atoms. The van der Waals surface area contributed by atoms with Crippen molar-refractivity contribution in [2.24, 2.45) is 17.8 Å². The number of rotatable bonds is 13. The molecule has 2 saturated heterocycles. The first-order valence-corrected chi connectivity index (χ1v) is 21.5. The minimum atomic E-state index is -0.845. The van der Waals surface area contributed by atoms with Gasteiger partial charge in [-0.3, -0.25) is 14.5 Å². The minimum absolute atomic E-state index is 0.0489. The van der Waals surface area contributed by atoms with E-state index in [1.807, 2.05) is 82.6 Å². The van der Waals surface area contributed by atoms with Gasteiger partial charge in [-0.2, -0.15) is 0 Å². The van der Waals surface area contributed by atoms with Crippen LogP contribution in [0.25, 0.3) is 32.7 Å². The monoisotopic (exact) mass is 830 g/mol. The van der Waals surface area contributed by atoms with E-state index in [4.69, 9.17) is 9.26 Å². The van der Waals surface area contributed by atoms with Crippen molar-refractivity contribution in [3.63, 3.8) is 0 Å². The number of ether oxygens (including phenoxy) is 1. The van der Waals surface area contributed by atoms with Crippen LogP contribution in [0.2, 0.25) is 0 Å². The molecule has 2 aromatic carbocycles. The maximum Gasteiger partial charge on any atom is 0.254 e. The fourth-order valence-electron chi connectivity index (χ4n) is 9.36. The Morgan fingerprint density at radius 2 is 1.83 bits per heavy atom. The Morgan fingerprint density at radius 1 is 1.07 bits per heavy atom. The van der Waals surface area contributed by atoms with E-state index in [0.29, 0.717) is 47.3 Å². The molecule has 312 valence electrons. The van der Waals surface area contributed by atoms with Gasteiger partial charge in [-0.05, 0) is 84.5 Å². The standard InChI is InChI=1S/C45H50N8O6S/c1-24(2)39(44(57)53-20-28(54)16-35(53)43(56)48-45(4,5)27-12-10-26(11-13-27)41-25(3)47-23-60-41)37-18-38(51-59-37)58-15-14-52-21-32-33(22-52)40(32)31-19-46-42-30(31)17-34(49-50-42)29-8-6-7-9-36(29)55/h6-13,17-19,23-24,28,32-33,35,39-40,54-55H,14-16,20-22H2,1-5H3,(H,46,50)(H,48,56)/t28-,32-,33+,35+,39-,40+/m1/s1. The molecule has 15 heteroatoms. The lowest BCUT2D eigenvalue weighted by molar-refractivity contribution is -0.141. The summed E-state index contributed by atoms with van der Waals surface area (Å²) in [5, 5.41) is 38.2. The van der Waals surface area contributed by atoms with Crippen LogP contribution in [0, 0.1) is 24.7 Å². The number of thiazole rings is 1. The second-order valence-electron chi connectivity index (χ2n) is 17.4. The van der Waals surface area contributed by atoms with Crippen LogP contribution in [0.4, 0.5) is 0 Å². The van der Waals surface area contributed by atoms with Gasteiger partial charge in [0.2, 0.25) is 11.8 Å². The highest BCUT2D eigenvalue weighted by molar-refractivity contribution is 7.13. The van der Waals surface area contributed by atoms with Gasteiger partial charge in [-0.25, -0.2) is 4.98 Å². The zero-order chi connectivity index (χ0) is 41.9. The SMILES string of the molecule is Cc1ncsc1-c1ccc(C(C)(C)NC(=O)[C@@H]2C[C@@H](O)CN2C(=O)[C@@H](c2cc(OCCN3C[C@@H]4[C@H](C3)[C@H]4c3c[nH]c4nnc(-c5ccccc5O)cc34)no2)C(C)C)cc1. The molecular formula is C45H50N8O6S. The van der Waals surface area contributed by atoms with Crippen LogP contribution >= 0.6 is 11.3 Å². The predicted octanol–water partition coefficient (Wildman–Crippen LogP) is 6.23. The van der Waals surface area contributed by atoms with Gasteiger partial charge in [0.25, 0.3) is 5.88 Å². The zero-order valence-electron chi connectivity index (χ0n) is 34.3. The lowest BCUT2D eigenvalue weighted by Crippen LogP contribution is -2.52. The first kappa shape index (κ1) is 39.8. The number of phenols is 1. The van der Waals surface area contributed by atoms with E-state index in [2.05, 4.69) is 41.7 Å². The fraction of sp³-hybridized carbons (Fsp3) is 0.422. The molecule has 1 saturated carbocycles. The van der Waals surface area contributed by atoms with E-state index in [0.717, 1.165) is 52.4 Å². The average Bonchev–Trinajstić information content (AvgIpc) is 3.92. The van der Waals surface area contributed by atoms with Crippen LogP contribution in [0.1, 0.15) is 68.5 Å². The first-order valence-electron chi connectivity index (χ1n) is 20.6. The molecule has 2 aliphatic heterocycles. The number of hydrogen-bond donors (Lipinski definition) is 4. The second-order valence-corrected chi connectivity index (χ2v) is 18.2. The smallest absolute Gasteiger partial charge is 0.254 e. The maximum atomic E-state index is 14.2. The summed E-state index contributed by atoms with van der Waals surface area (Å²) in [6, 6.07) is 18.1. The molecule has 14 nitrogen and oxygen atoms in total. The number of fused-ring (bicyclic) bond motifs is 2. The summed E-state index contributed by atoms with van der Waals surface area (Å²) in [4.78, 5) is 40.8. The molecule has 4 aromatic heterocycles. The van der Waals surface area contributed by atoms with E-state index >= 15 is 0 Å².